The van der Waals surface area contributed by atoms with Crippen LogP contribution in [0.5, 0.6) is 0 Å². The molecule has 2 amide bonds. The van der Waals surface area contributed by atoms with Gasteiger partial charge in [-0.2, -0.15) is 0 Å². The van der Waals surface area contributed by atoms with Crippen molar-refractivity contribution in [1.29, 1.82) is 0 Å². The lowest BCUT2D eigenvalue weighted by Gasteiger charge is -2.33. The molecule has 2 aromatic rings. The number of carbonyl (C=O) groups is 2. The molecule has 1 aromatic carbocycles. The number of ether oxygens (including phenoxy) is 1. The SMILES string of the molecule is NC(=O)COC(=O)NCCC1CCN(c2ccc3c(Cl)cccc3n2)CC1. The number of carbonyl (C=O) groups excluding carboxylic acids is 2. The van der Waals surface area contributed by atoms with Crippen molar-refractivity contribution in [3.8, 4) is 0 Å². The molecule has 1 aliphatic heterocycles. The summed E-state index contributed by atoms with van der Waals surface area (Å²) in [5.41, 5.74) is 5.83. The summed E-state index contributed by atoms with van der Waals surface area (Å²) in [7, 11) is 0. The summed E-state index contributed by atoms with van der Waals surface area (Å²) in [5, 5.41) is 4.33. The number of primary amides is 1. The third kappa shape index (κ3) is 5.23. The van der Waals surface area contributed by atoms with E-state index in [1.54, 1.807) is 0 Å². The van der Waals surface area contributed by atoms with Gasteiger partial charge in [-0.25, -0.2) is 9.78 Å². The van der Waals surface area contributed by atoms with Gasteiger partial charge in [0.2, 0.25) is 0 Å². The molecule has 2 heterocycles. The Balaban J connectivity index is 1.45. The molecule has 7 nitrogen and oxygen atoms in total. The zero-order valence-electron chi connectivity index (χ0n) is 15.0. The number of nitrogens with zero attached hydrogens (tertiary/aromatic N) is 2. The number of nitrogens with one attached hydrogen (secondary N) is 1. The summed E-state index contributed by atoms with van der Waals surface area (Å²) in [6.45, 7) is 1.98. The lowest BCUT2D eigenvalue weighted by molar-refractivity contribution is -0.120. The summed E-state index contributed by atoms with van der Waals surface area (Å²) >= 11 is 6.20. The van der Waals surface area contributed by atoms with Crippen molar-refractivity contribution >= 4 is 40.3 Å². The summed E-state index contributed by atoms with van der Waals surface area (Å²) in [6, 6.07) is 9.79. The molecule has 3 N–H and O–H groups in total. The lowest BCUT2D eigenvalue weighted by atomic mass is 9.93. The van der Waals surface area contributed by atoms with Crippen molar-refractivity contribution in [2.45, 2.75) is 19.3 Å². The third-order valence-corrected chi connectivity index (χ3v) is 5.10. The van der Waals surface area contributed by atoms with Crippen molar-refractivity contribution in [3.05, 3.63) is 35.4 Å². The van der Waals surface area contributed by atoms with Crippen LogP contribution in [0.3, 0.4) is 0 Å². The van der Waals surface area contributed by atoms with Gasteiger partial charge in [0.15, 0.2) is 6.61 Å². The second-order valence-corrected chi connectivity index (χ2v) is 7.07. The first kappa shape index (κ1) is 19.2. The highest BCUT2D eigenvalue weighted by molar-refractivity contribution is 6.35. The zero-order valence-corrected chi connectivity index (χ0v) is 15.7. The number of pyridine rings is 1. The van der Waals surface area contributed by atoms with Gasteiger partial charge in [0, 0.05) is 30.0 Å². The van der Waals surface area contributed by atoms with Gasteiger partial charge < -0.3 is 20.7 Å². The van der Waals surface area contributed by atoms with Gasteiger partial charge in [-0.1, -0.05) is 17.7 Å². The van der Waals surface area contributed by atoms with Crippen LogP contribution in [0.15, 0.2) is 30.3 Å². The van der Waals surface area contributed by atoms with E-state index < -0.39 is 18.6 Å². The van der Waals surface area contributed by atoms with Crippen LogP contribution in [0.2, 0.25) is 5.02 Å². The fourth-order valence-corrected chi connectivity index (χ4v) is 3.53. The zero-order chi connectivity index (χ0) is 19.2. The number of hydrogen-bond donors (Lipinski definition) is 2. The molecule has 0 atom stereocenters. The molecule has 8 heteroatoms. The van der Waals surface area contributed by atoms with Gasteiger partial charge in [0.25, 0.3) is 5.91 Å². The number of benzene rings is 1. The van der Waals surface area contributed by atoms with Gasteiger partial charge in [0.1, 0.15) is 5.82 Å². The van der Waals surface area contributed by atoms with Crippen LogP contribution >= 0.6 is 11.6 Å². The fraction of sp³-hybridized carbons (Fsp3) is 0.421. The normalized spacial score (nSPS) is 14.9. The van der Waals surface area contributed by atoms with Crippen LogP contribution in [0.4, 0.5) is 10.6 Å². The van der Waals surface area contributed by atoms with Gasteiger partial charge in [-0.15, -0.1) is 0 Å². The molecule has 0 radical (unpaired) electrons. The highest BCUT2D eigenvalue weighted by Crippen LogP contribution is 2.27. The monoisotopic (exact) mass is 390 g/mol. The number of alkyl carbamates (subject to hydrolysis) is 1. The Morgan fingerprint density at radius 2 is 2.04 bits per heavy atom. The van der Waals surface area contributed by atoms with Crippen molar-refractivity contribution < 1.29 is 14.3 Å². The first-order chi connectivity index (χ1) is 13.0. The molecule has 0 aliphatic carbocycles. The van der Waals surface area contributed by atoms with E-state index in [0.717, 1.165) is 49.1 Å². The topological polar surface area (TPSA) is 97.6 Å². The summed E-state index contributed by atoms with van der Waals surface area (Å²) in [5.74, 6) is 0.839. The molecular formula is C19H23ClN4O3. The quantitative estimate of drug-likeness (QED) is 0.790. The van der Waals surface area contributed by atoms with Crippen LogP contribution in [-0.4, -0.2) is 43.2 Å². The van der Waals surface area contributed by atoms with Gasteiger partial charge in [-0.3, -0.25) is 4.79 Å². The van der Waals surface area contributed by atoms with E-state index in [2.05, 4.69) is 15.0 Å². The molecule has 0 unspecified atom stereocenters. The Morgan fingerprint density at radius 1 is 1.26 bits per heavy atom. The number of halogens is 1. The molecule has 27 heavy (non-hydrogen) atoms. The number of hydrogen-bond acceptors (Lipinski definition) is 5. The fourth-order valence-electron chi connectivity index (χ4n) is 3.30. The average Bonchev–Trinajstić information content (AvgIpc) is 2.67. The van der Waals surface area contributed by atoms with Crippen molar-refractivity contribution in [3.63, 3.8) is 0 Å². The minimum atomic E-state index is -0.665. The highest BCUT2D eigenvalue weighted by Gasteiger charge is 2.20. The molecule has 144 valence electrons. The number of piperidine rings is 1. The van der Waals surface area contributed by atoms with Crippen LogP contribution < -0.4 is 16.0 Å². The molecule has 0 spiro atoms. The van der Waals surface area contributed by atoms with Gasteiger partial charge in [0.05, 0.1) is 5.52 Å². The molecule has 1 aromatic heterocycles. The van der Waals surface area contributed by atoms with Crippen molar-refractivity contribution in [2.75, 3.05) is 31.1 Å². The predicted molar refractivity (Wildman–Crippen MR) is 105 cm³/mol. The Hall–Kier alpha value is -2.54. The Bertz CT molecular complexity index is 822. The number of anilines is 1. The number of aromatic nitrogens is 1. The maximum atomic E-state index is 11.4. The summed E-state index contributed by atoms with van der Waals surface area (Å²) in [4.78, 5) is 29.0. The lowest BCUT2D eigenvalue weighted by Crippen LogP contribution is -2.36. The number of amides is 2. The predicted octanol–water partition coefficient (Wildman–Crippen LogP) is 2.71. The molecule has 1 fully saturated rings. The maximum Gasteiger partial charge on any atom is 0.407 e. The highest BCUT2D eigenvalue weighted by atomic mass is 35.5. The van der Waals surface area contributed by atoms with E-state index >= 15 is 0 Å². The standard InChI is InChI=1S/C19H23ClN4O3/c20-15-2-1-3-16-14(15)4-5-18(23-16)24-10-7-13(8-11-24)6-9-22-19(26)27-12-17(21)25/h1-5,13H,6-12H2,(H2,21,25)(H,22,26). The maximum absolute atomic E-state index is 11.4. The first-order valence-electron chi connectivity index (χ1n) is 9.02. The second-order valence-electron chi connectivity index (χ2n) is 6.66. The number of fused-ring (bicyclic) bond motifs is 1. The third-order valence-electron chi connectivity index (χ3n) is 4.77. The number of rotatable bonds is 6. The van der Waals surface area contributed by atoms with Crippen LogP contribution in [0.1, 0.15) is 19.3 Å². The Kier molecular flexibility index (Phi) is 6.34. The van der Waals surface area contributed by atoms with E-state index in [1.807, 2.05) is 30.3 Å². The van der Waals surface area contributed by atoms with E-state index in [4.69, 9.17) is 22.3 Å². The van der Waals surface area contributed by atoms with Gasteiger partial charge in [-0.05, 0) is 49.4 Å². The molecule has 1 saturated heterocycles. The molecule has 3 rings (SSSR count). The Morgan fingerprint density at radius 3 is 2.78 bits per heavy atom. The second kappa shape index (κ2) is 8.90. The number of nitrogens with two attached hydrogens (primary N) is 1. The van der Waals surface area contributed by atoms with Crippen molar-refractivity contribution in [1.82, 2.24) is 10.3 Å². The Labute approximate surface area is 162 Å². The van der Waals surface area contributed by atoms with Gasteiger partial charge >= 0.3 is 6.09 Å². The largest absolute Gasteiger partial charge is 0.439 e. The van der Waals surface area contributed by atoms with E-state index in [-0.39, 0.29) is 0 Å². The molecule has 0 bridgehead atoms. The van der Waals surface area contributed by atoms with Crippen LogP contribution in [0.25, 0.3) is 10.9 Å². The smallest absolute Gasteiger partial charge is 0.407 e. The molecule has 1 aliphatic rings. The van der Waals surface area contributed by atoms with Crippen LogP contribution in [-0.2, 0) is 9.53 Å². The summed E-state index contributed by atoms with van der Waals surface area (Å²) in [6.07, 6.45) is 2.34. The molecule has 0 saturated carbocycles. The summed E-state index contributed by atoms with van der Waals surface area (Å²) < 4.78 is 4.66. The minimum absolute atomic E-state index is 0.395. The van der Waals surface area contributed by atoms with Crippen molar-refractivity contribution in [2.24, 2.45) is 11.7 Å². The van der Waals surface area contributed by atoms with Crippen LogP contribution in [0, 0.1) is 5.92 Å². The van der Waals surface area contributed by atoms with E-state index in [9.17, 15) is 9.59 Å². The van der Waals surface area contributed by atoms with E-state index in [0.29, 0.717) is 17.5 Å². The first-order valence-corrected chi connectivity index (χ1v) is 9.40. The van der Waals surface area contributed by atoms with E-state index in [1.165, 1.54) is 0 Å². The average molecular weight is 391 g/mol. The minimum Gasteiger partial charge on any atom is -0.439 e. The molecular weight excluding hydrogens is 368 g/mol.